The Kier molecular flexibility index (Phi) is 10.1. The van der Waals surface area contributed by atoms with Gasteiger partial charge in [0.05, 0.1) is 26.1 Å². The average molecular weight is 675 g/mol. The highest BCUT2D eigenvalue weighted by molar-refractivity contribution is 7.90. The lowest BCUT2D eigenvalue weighted by atomic mass is 10.1. The van der Waals surface area contributed by atoms with Gasteiger partial charge in [0.15, 0.2) is 11.5 Å². The number of anilines is 2. The number of hydrogen-bond donors (Lipinski definition) is 2. The number of carbonyl (C=O) groups excluding carboxylic acids is 1. The molecule has 250 valence electrons. The Labute approximate surface area is 269 Å². The molecule has 0 saturated carbocycles. The van der Waals surface area contributed by atoms with E-state index >= 15 is 0 Å². The maximum Gasteiger partial charge on any atom is 0.435 e. The molecule has 5 rings (SSSR count). The Morgan fingerprint density at radius 2 is 1.79 bits per heavy atom. The van der Waals surface area contributed by atoms with E-state index in [1.807, 2.05) is 32.0 Å². The van der Waals surface area contributed by atoms with E-state index in [0.29, 0.717) is 45.0 Å². The lowest BCUT2D eigenvalue weighted by molar-refractivity contribution is -0.141. The number of alkyl halides is 3. The Morgan fingerprint density at radius 3 is 2.45 bits per heavy atom. The zero-order chi connectivity index (χ0) is 33.8. The summed E-state index contributed by atoms with van der Waals surface area (Å²) in [5.74, 6) is -1.43. The van der Waals surface area contributed by atoms with Gasteiger partial charge < -0.3 is 14.8 Å². The monoisotopic (exact) mass is 674 g/mol. The van der Waals surface area contributed by atoms with Crippen LogP contribution in [-0.4, -0.2) is 89.7 Å². The third-order valence-electron chi connectivity index (χ3n) is 7.18. The number of halogens is 3. The molecule has 2 N–H and O–H groups in total. The molecule has 0 aliphatic carbocycles. The normalized spacial score (nSPS) is 14.2. The van der Waals surface area contributed by atoms with Gasteiger partial charge in [0.2, 0.25) is 21.9 Å². The Hall–Kier alpha value is -4.61. The molecule has 47 heavy (non-hydrogen) atoms. The Morgan fingerprint density at radius 1 is 1.06 bits per heavy atom. The first-order chi connectivity index (χ1) is 22.3. The van der Waals surface area contributed by atoms with Gasteiger partial charge in [0.25, 0.3) is 5.91 Å². The van der Waals surface area contributed by atoms with Crippen LogP contribution in [-0.2, 0) is 20.9 Å². The van der Waals surface area contributed by atoms with Crippen LogP contribution in [0.3, 0.4) is 0 Å². The quantitative estimate of drug-likeness (QED) is 0.238. The van der Waals surface area contributed by atoms with Crippen molar-refractivity contribution >= 4 is 27.6 Å². The number of hydrogen-bond acceptors (Lipinski definition) is 11. The molecule has 1 aliphatic rings. The van der Waals surface area contributed by atoms with Crippen molar-refractivity contribution in [2.75, 3.05) is 51.0 Å². The summed E-state index contributed by atoms with van der Waals surface area (Å²) in [7, 11) is -2.77. The first-order valence-corrected chi connectivity index (χ1v) is 16.2. The zero-order valence-corrected chi connectivity index (χ0v) is 26.7. The fraction of sp³-hybridized carbons (Fsp3) is 0.367. The number of aryl methyl sites for hydroxylation is 2. The molecule has 0 spiro atoms. The van der Waals surface area contributed by atoms with Crippen LogP contribution in [0.4, 0.5) is 24.8 Å². The summed E-state index contributed by atoms with van der Waals surface area (Å²) in [6.07, 6.45) is -0.663. The van der Waals surface area contributed by atoms with Crippen molar-refractivity contribution in [3.8, 4) is 22.8 Å². The van der Waals surface area contributed by atoms with Gasteiger partial charge in [0, 0.05) is 48.5 Å². The van der Waals surface area contributed by atoms with Gasteiger partial charge in [0.1, 0.15) is 5.56 Å². The topological polar surface area (TPSA) is 153 Å². The van der Waals surface area contributed by atoms with E-state index in [9.17, 15) is 26.4 Å². The second-order valence-corrected chi connectivity index (χ2v) is 12.8. The van der Waals surface area contributed by atoms with Crippen LogP contribution in [0.25, 0.3) is 16.9 Å². The van der Waals surface area contributed by atoms with Crippen LogP contribution in [0, 0.1) is 13.8 Å². The van der Waals surface area contributed by atoms with E-state index < -0.39 is 27.8 Å². The van der Waals surface area contributed by atoms with Crippen LogP contribution < -0.4 is 14.8 Å². The summed E-state index contributed by atoms with van der Waals surface area (Å²) in [5, 5.41) is 6.74. The van der Waals surface area contributed by atoms with Crippen LogP contribution in [0.5, 0.6) is 5.88 Å². The standard InChI is InChI=1S/C30H33F3N8O5S/c1-19-13-20(2)15-22(14-19)36-29-35-18-24(26(37-29)41-7-5-25(38-41)30(31,32)33)21-16-23(28(45-3)34-17-21)27(42)39-47(43,44)12-4-6-40-8-10-46-11-9-40/h5,7,13-18H,4,6,8-12H2,1-3H3,(H,39,42)(H,35,36,37). The molecule has 0 radical (unpaired) electrons. The fourth-order valence-electron chi connectivity index (χ4n) is 5.06. The van der Waals surface area contributed by atoms with Gasteiger partial charge in [-0.3, -0.25) is 9.69 Å². The summed E-state index contributed by atoms with van der Waals surface area (Å²) in [6, 6.07) is 7.79. The molecule has 1 aliphatic heterocycles. The fourth-order valence-corrected chi connectivity index (χ4v) is 6.06. The number of benzene rings is 1. The maximum atomic E-state index is 13.5. The van der Waals surface area contributed by atoms with Crippen molar-refractivity contribution in [1.29, 1.82) is 0 Å². The molecular weight excluding hydrogens is 641 g/mol. The van der Waals surface area contributed by atoms with Crippen molar-refractivity contribution in [1.82, 2.24) is 34.4 Å². The summed E-state index contributed by atoms with van der Waals surface area (Å²) < 4.78 is 79.5. The van der Waals surface area contributed by atoms with Gasteiger partial charge >= 0.3 is 6.18 Å². The van der Waals surface area contributed by atoms with E-state index in [1.54, 1.807) is 0 Å². The minimum absolute atomic E-state index is 0.0589. The van der Waals surface area contributed by atoms with Crippen LogP contribution >= 0.6 is 0 Å². The number of sulfonamides is 1. The summed E-state index contributed by atoms with van der Waals surface area (Å²) in [6.45, 7) is 6.91. The number of aromatic nitrogens is 5. The first-order valence-electron chi connectivity index (χ1n) is 14.6. The van der Waals surface area contributed by atoms with Crippen molar-refractivity contribution in [3.05, 3.63) is 71.3 Å². The highest BCUT2D eigenvalue weighted by Crippen LogP contribution is 2.32. The van der Waals surface area contributed by atoms with E-state index in [2.05, 4.69) is 35.0 Å². The van der Waals surface area contributed by atoms with Crippen molar-refractivity contribution < 1.29 is 35.9 Å². The maximum absolute atomic E-state index is 13.5. The van der Waals surface area contributed by atoms with Crippen LogP contribution in [0.1, 0.15) is 33.6 Å². The Balaban J connectivity index is 1.46. The lowest BCUT2D eigenvalue weighted by Gasteiger charge is -2.26. The number of carbonyl (C=O) groups is 1. The number of pyridine rings is 1. The average Bonchev–Trinajstić information content (AvgIpc) is 3.52. The van der Waals surface area contributed by atoms with Gasteiger partial charge in [-0.05, 0) is 62.2 Å². The lowest BCUT2D eigenvalue weighted by Crippen LogP contribution is -2.38. The molecule has 1 saturated heterocycles. The number of methoxy groups -OCH3 is 1. The van der Waals surface area contributed by atoms with Crippen LogP contribution in [0.2, 0.25) is 0 Å². The molecular formula is C30H33F3N8O5S. The van der Waals surface area contributed by atoms with E-state index in [4.69, 9.17) is 9.47 Å². The van der Waals surface area contributed by atoms with Crippen molar-refractivity contribution in [3.63, 3.8) is 0 Å². The summed E-state index contributed by atoms with van der Waals surface area (Å²) >= 11 is 0. The predicted molar refractivity (Wildman–Crippen MR) is 166 cm³/mol. The first kappa shape index (κ1) is 33.7. The van der Waals surface area contributed by atoms with E-state index in [0.717, 1.165) is 28.1 Å². The van der Waals surface area contributed by atoms with Gasteiger partial charge in [-0.15, -0.1) is 0 Å². The number of amides is 1. The number of nitrogens with one attached hydrogen (secondary N) is 2. The number of ether oxygens (including phenoxy) is 2. The zero-order valence-electron chi connectivity index (χ0n) is 25.8. The molecule has 4 heterocycles. The van der Waals surface area contributed by atoms with E-state index in [-0.39, 0.29) is 40.1 Å². The molecule has 3 aromatic heterocycles. The van der Waals surface area contributed by atoms with Gasteiger partial charge in [-0.2, -0.15) is 23.3 Å². The molecule has 1 aromatic carbocycles. The predicted octanol–water partition coefficient (Wildman–Crippen LogP) is 3.89. The molecule has 17 heteroatoms. The molecule has 13 nitrogen and oxygen atoms in total. The second kappa shape index (κ2) is 14.0. The van der Waals surface area contributed by atoms with Crippen molar-refractivity contribution in [2.24, 2.45) is 0 Å². The van der Waals surface area contributed by atoms with Gasteiger partial charge in [-0.25, -0.2) is 27.8 Å². The largest absolute Gasteiger partial charge is 0.480 e. The minimum atomic E-state index is -4.71. The van der Waals surface area contributed by atoms with Gasteiger partial charge in [-0.1, -0.05) is 6.07 Å². The third kappa shape index (κ3) is 8.60. The second-order valence-electron chi connectivity index (χ2n) is 10.9. The molecule has 4 aromatic rings. The molecule has 0 atom stereocenters. The molecule has 0 unspecified atom stereocenters. The van der Waals surface area contributed by atoms with E-state index in [1.165, 1.54) is 25.6 Å². The minimum Gasteiger partial charge on any atom is -0.480 e. The summed E-state index contributed by atoms with van der Waals surface area (Å²) in [5.41, 5.74) is 1.59. The smallest absolute Gasteiger partial charge is 0.435 e. The molecule has 0 bridgehead atoms. The number of morpholine rings is 1. The molecule has 1 fully saturated rings. The highest BCUT2D eigenvalue weighted by atomic mass is 32.2. The highest BCUT2D eigenvalue weighted by Gasteiger charge is 2.34. The number of nitrogens with zero attached hydrogens (tertiary/aromatic N) is 6. The molecule has 1 amide bonds. The number of rotatable bonds is 11. The van der Waals surface area contributed by atoms with Crippen LogP contribution in [0.15, 0.2) is 48.9 Å². The Bertz CT molecular complexity index is 1840. The summed E-state index contributed by atoms with van der Waals surface area (Å²) in [4.78, 5) is 28.3. The SMILES string of the molecule is COc1ncc(-c2cnc(Nc3cc(C)cc(C)c3)nc2-n2ccc(C(F)(F)F)n2)cc1C(=O)NS(=O)(=O)CCCN1CCOCC1. The van der Waals surface area contributed by atoms with Crippen molar-refractivity contribution in [2.45, 2.75) is 26.4 Å². The third-order valence-corrected chi connectivity index (χ3v) is 8.50.